The lowest BCUT2D eigenvalue weighted by Gasteiger charge is -2.12. The molecule has 0 fully saturated rings. The lowest BCUT2D eigenvalue weighted by atomic mass is 10.1. The molecule has 36 heavy (non-hydrogen) atoms. The summed E-state index contributed by atoms with van der Waals surface area (Å²) in [6.07, 6.45) is -8.47. The SMILES string of the molecule is Fc1c(C(F)(F)F)ccc(Br)c1CCCCl.O=S(Cl)Cl.OCCCc1c(Br)ccc(C(F)(F)F)c1F. The standard InChI is InChI=1S/C10H8BrClF4.C10H9BrF4O.Cl2OS/c11-8-4-3-7(10(14,15)16)9(13)6(8)2-1-5-12;11-8-4-3-7(10(13,14)15)9(12)6(8)2-1-5-16;1-4(2)3/h3-4H,1-2,5H2;3-4,16H,1-2,5H2;. The van der Waals surface area contributed by atoms with Gasteiger partial charge in [0.2, 0.25) is 9.23 Å². The molecule has 2 aromatic rings. The topological polar surface area (TPSA) is 37.3 Å². The van der Waals surface area contributed by atoms with Gasteiger partial charge in [0.1, 0.15) is 11.6 Å². The van der Waals surface area contributed by atoms with Gasteiger partial charge in [-0.3, -0.25) is 0 Å². The number of aliphatic hydroxyl groups excluding tert-OH is 1. The highest BCUT2D eigenvalue weighted by Crippen LogP contribution is 2.36. The molecule has 1 N–H and O–H groups in total. The molecule has 0 aliphatic heterocycles. The van der Waals surface area contributed by atoms with Gasteiger partial charge >= 0.3 is 12.4 Å². The van der Waals surface area contributed by atoms with E-state index in [4.69, 9.17) is 20.9 Å². The highest BCUT2D eigenvalue weighted by molar-refractivity contribution is 9.10. The molecule has 0 unspecified atom stereocenters. The molecule has 2 rings (SSSR count). The highest BCUT2D eigenvalue weighted by atomic mass is 79.9. The molecule has 0 atom stereocenters. The fraction of sp³-hybridized carbons (Fsp3) is 0.400. The first kappa shape index (κ1) is 35.8. The summed E-state index contributed by atoms with van der Waals surface area (Å²) in [5.41, 5.74) is -2.54. The molecule has 0 bridgehead atoms. The van der Waals surface area contributed by atoms with E-state index in [9.17, 15) is 35.1 Å². The molecule has 0 heterocycles. The number of rotatable bonds is 6. The van der Waals surface area contributed by atoms with Crippen LogP contribution < -0.4 is 0 Å². The van der Waals surface area contributed by atoms with E-state index < -0.39 is 44.3 Å². The van der Waals surface area contributed by atoms with Gasteiger partial charge in [-0.05, 0) is 49.9 Å². The second-order valence-corrected chi connectivity index (χ2v) is 11.2. The van der Waals surface area contributed by atoms with Crippen molar-refractivity contribution in [3.63, 3.8) is 0 Å². The van der Waals surface area contributed by atoms with Crippen molar-refractivity contribution in [1.82, 2.24) is 0 Å². The summed E-state index contributed by atoms with van der Waals surface area (Å²) < 4.78 is 111. The average Bonchev–Trinajstić information content (AvgIpc) is 2.71. The van der Waals surface area contributed by atoms with Crippen molar-refractivity contribution < 1.29 is 44.4 Å². The minimum absolute atomic E-state index is 0.0236. The van der Waals surface area contributed by atoms with Gasteiger partial charge in [0.15, 0.2) is 0 Å². The molecule has 0 aromatic heterocycles. The number of benzene rings is 2. The Kier molecular flexibility index (Phi) is 16.6. The number of alkyl halides is 7. The zero-order valence-corrected chi connectivity index (χ0v) is 24.0. The van der Waals surface area contributed by atoms with Crippen LogP contribution in [-0.2, 0) is 34.4 Å². The molecule has 0 radical (unpaired) electrons. The monoisotopic (exact) mass is 736 g/mol. The summed E-state index contributed by atoms with van der Waals surface area (Å²) in [5.74, 6) is -2.20. The average molecular weight is 740 g/mol. The van der Waals surface area contributed by atoms with Gasteiger partial charge < -0.3 is 5.11 Å². The summed E-state index contributed by atoms with van der Waals surface area (Å²) in [5, 5.41) is 8.58. The molecule has 206 valence electrons. The quantitative estimate of drug-likeness (QED) is 0.182. The second-order valence-electron chi connectivity index (χ2n) is 6.57. The Morgan fingerprint density at radius 1 is 0.778 bits per heavy atom. The number of halogens is 13. The third-order valence-corrected chi connectivity index (χ3v) is 5.88. The Morgan fingerprint density at radius 2 is 1.11 bits per heavy atom. The van der Waals surface area contributed by atoms with Crippen molar-refractivity contribution in [2.45, 2.75) is 38.0 Å². The van der Waals surface area contributed by atoms with Crippen LogP contribution in [0.15, 0.2) is 33.2 Å². The molecule has 0 aliphatic carbocycles. The van der Waals surface area contributed by atoms with Crippen LogP contribution >= 0.6 is 64.8 Å². The predicted molar refractivity (Wildman–Crippen MR) is 133 cm³/mol. The Balaban J connectivity index is 0.000000593. The fourth-order valence-electron chi connectivity index (χ4n) is 2.59. The van der Waals surface area contributed by atoms with Crippen LogP contribution in [0.2, 0.25) is 0 Å². The summed E-state index contributed by atoms with van der Waals surface area (Å²) in [4.78, 5) is 0. The maximum absolute atomic E-state index is 13.6. The van der Waals surface area contributed by atoms with E-state index in [0.29, 0.717) is 17.0 Å². The Labute approximate surface area is 235 Å². The summed E-state index contributed by atoms with van der Waals surface area (Å²) in [6.45, 7) is -0.192. The third kappa shape index (κ3) is 12.6. The highest BCUT2D eigenvalue weighted by Gasteiger charge is 2.36. The van der Waals surface area contributed by atoms with E-state index in [1.807, 2.05) is 0 Å². The normalized spacial score (nSPS) is 11.5. The van der Waals surface area contributed by atoms with Gasteiger partial charge in [-0.15, -0.1) is 11.6 Å². The molecule has 0 saturated carbocycles. The molecule has 0 spiro atoms. The first-order chi connectivity index (χ1) is 16.5. The van der Waals surface area contributed by atoms with Crippen LogP contribution in [-0.4, -0.2) is 21.8 Å². The maximum atomic E-state index is 13.6. The molecule has 2 nitrogen and oxygen atoms in total. The van der Waals surface area contributed by atoms with E-state index in [0.717, 1.165) is 6.07 Å². The fourth-order valence-corrected chi connectivity index (χ4v) is 3.73. The van der Waals surface area contributed by atoms with Gasteiger partial charge in [-0.25, -0.2) is 13.0 Å². The number of hydrogen-bond acceptors (Lipinski definition) is 2. The van der Waals surface area contributed by atoms with Crippen LogP contribution in [0.25, 0.3) is 0 Å². The van der Waals surface area contributed by atoms with Gasteiger partial charge in [0.25, 0.3) is 0 Å². The van der Waals surface area contributed by atoms with Crippen molar-refractivity contribution in [1.29, 1.82) is 0 Å². The summed E-state index contributed by atoms with van der Waals surface area (Å²) in [7, 11) is 7.36. The van der Waals surface area contributed by atoms with Crippen molar-refractivity contribution in [3.8, 4) is 0 Å². The molecular formula is C20H17Br2Cl3F8O2S. The van der Waals surface area contributed by atoms with Crippen LogP contribution in [0, 0.1) is 11.6 Å². The van der Waals surface area contributed by atoms with Crippen LogP contribution in [0.3, 0.4) is 0 Å². The number of aliphatic hydroxyl groups is 1. The zero-order valence-electron chi connectivity index (χ0n) is 17.7. The summed E-state index contributed by atoms with van der Waals surface area (Å²) in [6, 6.07) is 3.79. The van der Waals surface area contributed by atoms with E-state index >= 15 is 0 Å². The number of hydrogen-bond donors (Lipinski definition) is 1. The first-order valence-electron chi connectivity index (χ1n) is 9.48. The van der Waals surface area contributed by atoms with Crippen molar-refractivity contribution >= 4 is 74.1 Å². The molecule has 0 aliphatic rings. The van der Waals surface area contributed by atoms with E-state index in [2.05, 4.69) is 53.2 Å². The van der Waals surface area contributed by atoms with Crippen LogP contribution in [0.1, 0.15) is 35.1 Å². The minimum atomic E-state index is -4.70. The molecule has 16 heteroatoms. The second kappa shape index (κ2) is 16.7. The van der Waals surface area contributed by atoms with Gasteiger partial charge in [0.05, 0.1) is 11.1 Å². The maximum Gasteiger partial charge on any atom is 0.419 e. The Morgan fingerprint density at radius 3 is 1.39 bits per heavy atom. The zero-order chi connectivity index (χ0) is 28.3. The van der Waals surface area contributed by atoms with Crippen molar-refractivity contribution in [2.75, 3.05) is 12.5 Å². The Hall–Kier alpha value is -0.180. The van der Waals surface area contributed by atoms with E-state index in [1.54, 1.807) is 0 Å². The predicted octanol–water partition coefficient (Wildman–Crippen LogP) is 9.35. The van der Waals surface area contributed by atoms with Crippen LogP contribution in [0.4, 0.5) is 35.1 Å². The van der Waals surface area contributed by atoms with Crippen LogP contribution in [0.5, 0.6) is 0 Å². The molecule has 0 amide bonds. The largest absolute Gasteiger partial charge is 0.419 e. The van der Waals surface area contributed by atoms with E-state index in [1.165, 1.54) is 12.1 Å². The van der Waals surface area contributed by atoms with Crippen molar-refractivity contribution in [2.24, 2.45) is 0 Å². The smallest absolute Gasteiger partial charge is 0.396 e. The van der Waals surface area contributed by atoms with Gasteiger partial charge in [0, 0.05) is 53.9 Å². The third-order valence-electron chi connectivity index (χ3n) is 4.13. The lowest BCUT2D eigenvalue weighted by Crippen LogP contribution is -2.10. The van der Waals surface area contributed by atoms with E-state index in [-0.39, 0.29) is 47.3 Å². The van der Waals surface area contributed by atoms with Crippen molar-refractivity contribution in [3.05, 3.63) is 67.1 Å². The minimum Gasteiger partial charge on any atom is -0.396 e. The van der Waals surface area contributed by atoms with Gasteiger partial charge in [-0.2, -0.15) is 26.3 Å². The first-order valence-corrected chi connectivity index (χ1v) is 14.4. The molecule has 2 aromatic carbocycles. The Bertz CT molecular complexity index is 931. The van der Waals surface area contributed by atoms with Gasteiger partial charge in [-0.1, -0.05) is 31.9 Å². The lowest BCUT2D eigenvalue weighted by molar-refractivity contribution is -0.140. The molecular weight excluding hydrogens is 722 g/mol. The summed E-state index contributed by atoms with van der Waals surface area (Å²) >= 11 is 11.4. The molecule has 0 saturated heterocycles.